The molecule has 0 aliphatic heterocycles. The molecule has 0 aromatic heterocycles. The zero-order valence-corrected chi connectivity index (χ0v) is 9.90. The number of aliphatic hydroxyl groups is 1. The highest BCUT2D eigenvalue weighted by Crippen LogP contribution is 1.99. The third kappa shape index (κ3) is 5.06. The van der Waals surface area contributed by atoms with Gasteiger partial charge in [0.15, 0.2) is 0 Å². The summed E-state index contributed by atoms with van der Waals surface area (Å²) in [7, 11) is 0. The molecule has 1 aromatic rings. The van der Waals surface area contributed by atoms with Crippen molar-refractivity contribution < 1.29 is 9.90 Å². The van der Waals surface area contributed by atoms with Crippen LogP contribution in [0, 0.1) is 0 Å². The van der Waals surface area contributed by atoms with Crippen molar-refractivity contribution in [1.82, 2.24) is 5.32 Å². The highest BCUT2D eigenvalue weighted by molar-refractivity contribution is 9.09. The zero-order chi connectivity index (χ0) is 11.1. The van der Waals surface area contributed by atoms with E-state index >= 15 is 0 Å². The number of nitrogens with one attached hydrogen (secondary N) is 1. The first kappa shape index (κ1) is 12.4. The third-order valence-electron chi connectivity index (χ3n) is 1.95. The first-order valence-corrected chi connectivity index (χ1v) is 5.87. The Hall–Kier alpha value is -0.710. The highest BCUT2D eigenvalue weighted by Gasteiger charge is 2.08. The van der Waals surface area contributed by atoms with Crippen molar-refractivity contribution in [3.05, 3.63) is 35.9 Å². The second-order valence-corrected chi connectivity index (χ2v) is 3.82. The van der Waals surface area contributed by atoms with Crippen molar-refractivity contribution in [3.8, 4) is 0 Å². The van der Waals surface area contributed by atoms with Crippen LogP contribution in [0.5, 0.6) is 0 Å². The van der Waals surface area contributed by atoms with Crippen molar-refractivity contribution in [2.45, 2.75) is 19.2 Å². The highest BCUT2D eigenvalue weighted by atomic mass is 79.9. The summed E-state index contributed by atoms with van der Waals surface area (Å²) in [4.78, 5) is 11.0. The summed E-state index contributed by atoms with van der Waals surface area (Å²) in [5.41, 5.74) is 1.09. The molecule has 1 atom stereocenters. The van der Waals surface area contributed by atoms with Crippen LogP contribution >= 0.6 is 15.9 Å². The van der Waals surface area contributed by atoms with Crippen LogP contribution in [0.15, 0.2) is 30.3 Å². The van der Waals surface area contributed by atoms with Gasteiger partial charge in [-0.25, -0.2) is 0 Å². The monoisotopic (exact) mass is 271 g/mol. The second kappa shape index (κ2) is 6.71. The Morgan fingerprint density at radius 3 is 2.67 bits per heavy atom. The lowest BCUT2D eigenvalue weighted by Crippen LogP contribution is -2.30. The molecule has 1 rings (SSSR count). The number of carbonyl (C=O) groups excluding carboxylic acids is 1. The molecule has 0 heterocycles. The van der Waals surface area contributed by atoms with Gasteiger partial charge in [-0.15, -0.1) is 0 Å². The van der Waals surface area contributed by atoms with Gasteiger partial charge in [-0.1, -0.05) is 46.3 Å². The van der Waals surface area contributed by atoms with E-state index in [9.17, 15) is 9.90 Å². The molecule has 1 unspecified atom stereocenters. The van der Waals surface area contributed by atoms with E-state index < -0.39 is 6.23 Å². The van der Waals surface area contributed by atoms with Crippen molar-refractivity contribution in [3.63, 3.8) is 0 Å². The number of Topliss-reactive ketones (excluding diaryl/α,β-unsaturated/α-hetero) is 1. The standard InChI is InChI=1S/C11H14BrNO2/c12-7-10(14)6-11(15)13-8-9-4-2-1-3-5-9/h1-5,11,13,15H,6-8H2. The molecule has 0 aliphatic rings. The van der Waals surface area contributed by atoms with E-state index in [-0.39, 0.29) is 17.5 Å². The average Bonchev–Trinajstić information content (AvgIpc) is 2.27. The van der Waals surface area contributed by atoms with Gasteiger partial charge in [0.25, 0.3) is 0 Å². The van der Waals surface area contributed by atoms with Crippen LogP contribution in [0.1, 0.15) is 12.0 Å². The van der Waals surface area contributed by atoms with Crippen molar-refractivity contribution >= 4 is 21.7 Å². The number of hydrogen-bond acceptors (Lipinski definition) is 3. The maximum Gasteiger partial charge on any atom is 0.147 e. The smallest absolute Gasteiger partial charge is 0.147 e. The van der Waals surface area contributed by atoms with Crippen molar-refractivity contribution in [2.24, 2.45) is 0 Å². The van der Waals surface area contributed by atoms with Crippen LogP contribution in [0.25, 0.3) is 0 Å². The Kier molecular flexibility index (Phi) is 5.53. The van der Waals surface area contributed by atoms with E-state index in [0.29, 0.717) is 6.54 Å². The van der Waals surface area contributed by atoms with Gasteiger partial charge in [0, 0.05) is 13.0 Å². The first-order valence-electron chi connectivity index (χ1n) is 4.75. The molecule has 4 heteroatoms. The van der Waals surface area contributed by atoms with E-state index in [2.05, 4.69) is 21.2 Å². The molecular weight excluding hydrogens is 258 g/mol. The quantitative estimate of drug-likeness (QED) is 0.608. The lowest BCUT2D eigenvalue weighted by atomic mass is 10.2. The Bertz CT molecular complexity index is 303. The maximum absolute atomic E-state index is 11.0. The minimum Gasteiger partial charge on any atom is -0.378 e. The van der Waals surface area contributed by atoms with E-state index in [1.807, 2.05) is 30.3 Å². The molecule has 0 saturated heterocycles. The largest absolute Gasteiger partial charge is 0.378 e. The number of benzene rings is 1. The van der Waals surface area contributed by atoms with Gasteiger partial charge < -0.3 is 5.11 Å². The Morgan fingerprint density at radius 1 is 1.40 bits per heavy atom. The van der Waals surface area contributed by atoms with Crippen LogP contribution in [0.3, 0.4) is 0 Å². The van der Waals surface area contributed by atoms with Crippen LogP contribution in [-0.2, 0) is 11.3 Å². The number of hydrogen-bond donors (Lipinski definition) is 2. The van der Waals surface area contributed by atoms with Crippen molar-refractivity contribution in [2.75, 3.05) is 5.33 Å². The van der Waals surface area contributed by atoms with E-state index in [0.717, 1.165) is 5.56 Å². The molecule has 0 saturated carbocycles. The summed E-state index contributed by atoms with van der Waals surface area (Å²) in [6.07, 6.45) is -0.631. The summed E-state index contributed by atoms with van der Waals surface area (Å²) in [5, 5.41) is 12.6. The van der Waals surface area contributed by atoms with Crippen LogP contribution in [0.2, 0.25) is 0 Å². The Balaban J connectivity index is 2.28. The first-order chi connectivity index (χ1) is 7.22. The summed E-state index contributed by atoms with van der Waals surface area (Å²) >= 11 is 3.05. The van der Waals surface area contributed by atoms with Gasteiger partial charge in [0.2, 0.25) is 0 Å². The zero-order valence-electron chi connectivity index (χ0n) is 8.32. The Labute approximate surface area is 97.6 Å². The molecule has 2 N–H and O–H groups in total. The fraction of sp³-hybridized carbons (Fsp3) is 0.364. The van der Waals surface area contributed by atoms with Gasteiger partial charge in [0.05, 0.1) is 5.33 Å². The van der Waals surface area contributed by atoms with E-state index in [1.54, 1.807) is 0 Å². The predicted octanol–water partition coefficient (Wildman–Crippen LogP) is 1.45. The maximum atomic E-state index is 11.0. The van der Waals surface area contributed by atoms with Crippen LogP contribution < -0.4 is 5.32 Å². The average molecular weight is 272 g/mol. The predicted molar refractivity (Wildman–Crippen MR) is 62.7 cm³/mol. The minimum atomic E-state index is -0.768. The Morgan fingerprint density at radius 2 is 2.07 bits per heavy atom. The summed E-state index contributed by atoms with van der Waals surface area (Å²) in [6.45, 7) is 0.567. The molecule has 0 fully saturated rings. The number of aliphatic hydroxyl groups excluding tert-OH is 1. The molecule has 0 amide bonds. The molecule has 0 bridgehead atoms. The molecule has 0 aliphatic carbocycles. The molecule has 0 spiro atoms. The number of alkyl halides is 1. The molecule has 3 nitrogen and oxygen atoms in total. The van der Waals surface area contributed by atoms with Gasteiger partial charge in [-0.05, 0) is 5.56 Å². The summed E-state index contributed by atoms with van der Waals surface area (Å²) < 4.78 is 0. The van der Waals surface area contributed by atoms with Gasteiger partial charge in [0.1, 0.15) is 12.0 Å². The van der Waals surface area contributed by atoms with Gasteiger partial charge in [-0.3, -0.25) is 10.1 Å². The number of ketones is 1. The lowest BCUT2D eigenvalue weighted by Gasteiger charge is -2.11. The molecule has 82 valence electrons. The fourth-order valence-electron chi connectivity index (χ4n) is 1.17. The number of carbonyl (C=O) groups is 1. The molecule has 15 heavy (non-hydrogen) atoms. The topological polar surface area (TPSA) is 49.3 Å². The molecular formula is C11H14BrNO2. The van der Waals surface area contributed by atoms with Crippen LogP contribution in [0.4, 0.5) is 0 Å². The van der Waals surface area contributed by atoms with Crippen LogP contribution in [-0.4, -0.2) is 22.4 Å². The summed E-state index contributed by atoms with van der Waals surface area (Å²) in [6, 6.07) is 9.74. The normalized spacial score (nSPS) is 12.4. The minimum absolute atomic E-state index is 0.0111. The lowest BCUT2D eigenvalue weighted by molar-refractivity contribution is -0.118. The number of rotatable bonds is 6. The van der Waals surface area contributed by atoms with E-state index in [4.69, 9.17) is 0 Å². The molecule has 0 radical (unpaired) electrons. The van der Waals surface area contributed by atoms with Crippen molar-refractivity contribution in [1.29, 1.82) is 0 Å². The number of halogens is 1. The summed E-state index contributed by atoms with van der Waals surface area (Å²) in [5.74, 6) is -0.0111. The SMILES string of the molecule is O=C(CBr)CC(O)NCc1ccccc1. The third-order valence-corrected chi connectivity index (χ3v) is 2.58. The van der Waals surface area contributed by atoms with Gasteiger partial charge >= 0.3 is 0 Å². The second-order valence-electron chi connectivity index (χ2n) is 3.26. The molecule has 1 aromatic carbocycles. The van der Waals surface area contributed by atoms with Gasteiger partial charge in [-0.2, -0.15) is 0 Å². The fourth-order valence-corrected chi connectivity index (χ4v) is 1.40. The van der Waals surface area contributed by atoms with E-state index in [1.165, 1.54) is 0 Å².